The van der Waals surface area contributed by atoms with Gasteiger partial charge in [-0.3, -0.25) is 4.90 Å². The van der Waals surface area contributed by atoms with Crippen LogP contribution in [0.3, 0.4) is 0 Å². The molecule has 1 heterocycles. The average Bonchev–Trinajstić information content (AvgIpc) is 3.40. The third-order valence-corrected chi connectivity index (χ3v) is 5.57. The van der Waals surface area contributed by atoms with Crippen molar-refractivity contribution < 1.29 is 19.4 Å². The molecular formula is C25H25N5O4. The molecule has 0 aliphatic heterocycles. The molecule has 0 saturated heterocycles. The van der Waals surface area contributed by atoms with E-state index in [1.165, 1.54) is 11.8 Å². The van der Waals surface area contributed by atoms with Gasteiger partial charge in [0.15, 0.2) is 0 Å². The normalized spacial score (nSPS) is 11.8. The smallest absolute Gasteiger partial charge is 0.410 e. The van der Waals surface area contributed by atoms with Crippen molar-refractivity contribution in [1.29, 1.82) is 0 Å². The van der Waals surface area contributed by atoms with Crippen LogP contribution in [0.4, 0.5) is 4.79 Å². The minimum Gasteiger partial charge on any atom is -0.480 e. The van der Waals surface area contributed by atoms with Crippen LogP contribution in [0.1, 0.15) is 25.8 Å². The van der Waals surface area contributed by atoms with Crippen LogP contribution in [0, 0.1) is 0 Å². The highest BCUT2D eigenvalue weighted by Gasteiger charge is 2.27. The van der Waals surface area contributed by atoms with E-state index in [0.717, 1.165) is 33.0 Å². The molecule has 1 unspecified atom stereocenters. The molecule has 1 amide bonds. The van der Waals surface area contributed by atoms with Gasteiger partial charge in [-0.2, -0.15) is 5.21 Å². The number of H-pyrrole nitrogens is 1. The van der Waals surface area contributed by atoms with Gasteiger partial charge in [0.2, 0.25) is 5.82 Å². The molecule has 2 N–H and O–H groups in total. The Balaban J connectivity index is 1.55. The molecule has 0 saturated carbocycles. The summed E-state index contributed by atoms with van der Waals surface area (Å²) in [6, 6.07) is 18.9. The van der Waals surface area contributed by atoms with Gasteiger partial charge in [0.05, 0.1) is 6.61 Å². The van der Waals surface area contributed by atoms with Gasteiger partial charge in [-0.1, -0.05) is 55.5 Å². The number of tetrazole rings is 1. The molecule has 34 heavy (non-hydrogen) atoms. The van der Waals surface area contributed by atoms with Gasteiger partial charge >= 0.3 is 12.1 Å². The lowest BCUT2D eigenvalue weighted by Crippen LogP contribution is -2.43. The Hall–Kier alpha value is -4.27. The summed E-state index contributed by atoms with van der Waals surface area (Å²) in [5.74, 6) is -0.536. The Bertz CT molecular complexity index is 1290. The molecule has 9 heteroatoms. The number of aromatic amines is 1. The second-order valence-electron chi connectivity index (χ2n) is 7.97. The number of ether oxygens (including phenoxy) is 1. The second kappa shape index (κ2) is 10.1. The van der Waals surface area contributed by atoms with Crippen LogP contribution in [0.25, 0.3) is 33.3 Å². The molecule has 4 aromatic rings. The summed E-state index contributed by atoms with van der Waals surface area (Å²) >= 11 is 0. The first-order valence-electron chi connectivity index (χ1n) is 11.0. The van der Waals surface area contributed by atoms with Gasteiger partial charge in [-0.15, -0.1) is 10.2 Å². The van der Waals surface area contributed by atoms with Crippen molar-refractivity contribution in [2.24, 2.45) is 0 Å². The van der Waals surface area contributed by atoms with Crippen LogP contribution in [0.5, 0.6) is 0 Å². The van der Waals surface area contributed by atoms with Gasteiger partial charge in [-0.05, 0) is 58.2 Å². The third-order valence-electron chi connectivity index (χ3n) is 5.57. The van der Waals surface area contributed by atoms with Crippen molar-refractivity contribution in [3.05, 3.63) is 66.2 Å². The summed E-state index contributed by atoms with van der Waals surface area (Å²) in [5.41, 5.74) is 3.81. The average molecular weight is 460 g/mol. The molecule has 0 bridgehead atoms. The Kier molecular flexibility index (Phi) is 6.82. The Labute approximate surface area is 196 Å². The maximum atomic E-state index is 12.4. The van der Waals surface area contributed by atoms with Crippen LogP contribution in [0.15, 0.2) is 60.7 Å². The molecule has 1 aromatic heterocycles. The molecule has 0 aliphatic rings. The topological polar surface area (TPSA) is 121 Å². The highest BCUT2D eigenvalue weighted by atomic mass is 16.6. The van der Waals surface area contributed by atoms with Crippen LogP contribution < -0.4 is 0 Å². The lowest BCUT2D eigenvalue weighted by Gasteiger charge is -2.26. The minimum absolute atomic E-state index is 0.144. The second-order valence-corrected chi connectivity index (χ2v) is 7.97. The highest BCUT2D eigenvalue weighted by molar-refractivity contribution is 5.88. The van der Waals surface area contributed by atoms with E-state index >= 15 is 0 Å². The predicted molar refractivity (Wildman–Crippen MR) is 127 cm³/mol. The van der Waals surface area contributed by atoms with E-state index in [1.54, 1.807) is 0 Å². The van der Waals surface area contributed by atoms with Crippen LogP contribution in [0.2, 0.25) is 0 Å². The van der Waals surface area contributed by atoms with E-state index in [4.69, 9.17) is 4.74 Å². The number of carbonyl (C=O) groups is 2. The van der Waals surface area contributed by atoms with Crippen LogP contribution >= 0.6 is 0 Å². The van der Waals surface area contributed by atoms with Crippen molar-refractivity contribution >= 4 is 22.8 Å². The molecule has 0 fully saturated rings. The first-order chi connectivity index (χ1) is 16.5. The van der Waals surface area contributed by atoms with E-state index in [1.807, 2.05) is 61.5 Å². The summed E-state index contributed by atoms with van der Waals surface area (Å²) in [7, 11) is 0. The lowest BCUT2D eigenvalue weighted by molar-refractivity contribution is -0.142. The number of carboxylic acid groups (broad SMARTS) is 1. The van der Waals surface area contributed by atoms with Crippen molar-refractivity contribution in [2.75, 3.05) is 6.61 Å². The number of nitrogens with one attached hydrogen (secondary N) is 1. The number of hydrogen-bond acceptors (Lipinski definition) is 6. The fourth-order valence-corrected chi connectivity index (χ4v) is 3.63. The molecule has 3 aromatic carbocycles. The number of rotatable bonds is 8. The lowest BCUT2D eigenvalue weighted by atomic mass is 9.99. The monoisotopic (exact) mass is 459 g/mol. The number of carbonyl (C=O) groups excluding carboxylic acids is 1. The number of fused-ring (bicyclic) bond motifs is 1. The van der Waals surface area contributed by atoms with Crippen molar-refractivity contribution in [1.82, 2.24) is 25.5 Å². The number of hydrogen-bond donors (Lipinski definition) is 2. The summed E-state index contributed by atoms with van der Waals surface area (Å²) in [4.78, 5) is 25.2. The third kappa shape index (κ3) is 5.03. The van der Waals surface area contributed by atoms with E-state index in [0.29, 0.717) is 12.2 Å². The molecule has 4 rings (SSSR count). The van der Waals surface area contributed by atoms with Crippen molar-refractivity contribution in [2.45, 2.75) is 32.9 Å². The summed E-state index contributed by atoms with van der Waals surface area (Å²) < 4.78 is 5.19. The van der Waals surface area contributed by atoms with E-state index in [-0.39, 0.29) is 13.2 Å². The summed E-state index contributed by atoms with van der Waals surface area (Å²) in [6.45, 7) is 3.76. The predicted octanol–water partition coefficient (Wildman–Crippen LogP) is 4.51. The number of aromatic nitrogens is 4. The van der Waals surface area contributed by atoms with E-state index in [9.17, 15) is 14.7 Å². The number of carboxylic acids is 1. The largest absolute Gasteiger partial charge is 0.480 e. The van der Waals surface area contributed by atoms with E-state index in [2.05, 4.69) is 26.7 Å². The highest BCUT2D eigenvalue weighted by Crippen LogP contribution is 2.27. The van der Waals surface area contributed by atoms with Crippen molar-refractivity contribution in [3.8, 4) is 22.5 Å². The molecule has 9 nitrogen and oxygen atoms in total. The quantitative estimate of drug-likeness (QED) is 0.398. The molecule has 1 atom stereocenters. The molecule has 0 aliphatic carbocycles. The number of benzene rings is 3. The van der Waals surface area contributed by atoms with Crippen LogP contribution in [-0.2, 0) is 16.1 Å². The molecule has 0 spiro atoms. The molecule has 174 valence electrons. The minimum atomic E-state index is -1.08. The summed E-state index contributed by atoms with van der Waals surface area (Å²) in [6.07, 6.45) is 0.0376. The van der Waals surface area contributed by atoms with Crippen LogP contribution in [-0.4, -0.2) is 55.3 Å². The standard InChI is InChI=1S/C25H25N5O4/c1-3-12-34-25(33)30(16(2)24(31)32)15-17-4-5-22-14-21(11-10-20(22)13-17)18-6-8-19(9-7-18)23-26-28-29-27-23/h4-11,13-14,16H,3,12,15H2,1-2H3,(H,31,32)(H,26,27,28,29). The Morgan fingerprint density at radius 3 is 2.35 bits per heavy atom. The molecular weight excluding hydrogens is 434 g/mol. The number of amides is 1. The maximum Gasteiger partial charge on any atom is 0.410 e. The first-order valence-corrected chi connectivity index (χ1v) is 11.0. The van der Waals surface area contributed by atoms with Gasteiger partial charge in [-0.25, -0.2) is 9.59 Å². The zero-order valence-corrected chi connectivity index (χ0v) is 18.9. The van der Waals surface area contributed by atoms with Gasteiger partial charge in [0.25, 0.3) is 0 Å². The fourth-order valence-electron chi connectivity index (χ4n) is 3.63. The zero-order valence-electron chi connectivity index (χ0n) is 18.9. The van der Waals surface area contributed by atoms with Gasteiger partial charge in [0, 0.05) is 12.1 Å². The fraction of sp³-hybridized carbons (Fsp3) is 0.240. The summed E-state index contributed by atoms with van der Waals surface area (Å²) in [5, 5.41) is 25.5. The molecule has 0 radical (unpaired) electrons. The number of nitrogens with zero attached hydrogens (tertiary/aromatic N) is 4. The number of aliphatic carboxylic acids is 1. The first kappa shape index (κ1) is 22.9. The van der Waals surface area contributed by atoms with Gasteiger partial charge < -0.3 is 9.84 Å². The Morgan fingerprint density at radius 1 is 1.00 bits per heavy atom. The zero-order chi connectivity index (χ0) is 24.1. The van der Waals surface area contributed by atoms with Gasteiger partial charge in [0.1, 0.15) is 6.04 Å². The van der Waals surface area contributed by atoms with Crippen molar-refractivity contribution in [3.63, 3.8) is 0 Å². The maximum absolute atomic E-state index is 12.4. The van der Waals surface area contributed by atoms with E-state index < -0.39 is 18.1 Å². The SMILES string of the molecule is CCCOC(=O)N(Cc1ccc2cc(-c3ccc(-c4nn[nH]n4)cc3)ccc2c1)C(C)C(=O)O. The Morgan fingerprint density at radius 2 is 1.68 bits per heavy atom.